The Balaban J connectivity index is 1.40. The van der Waals surface area contributed by atoms with E-state index in [4.69, 9.17) is 4.74 Å². The van der Waals surface area contributed by atoms with Gasteiger partial charge in [0.15, 0.2) is 5.82 Å². The average molecular weight is 423 g/mol. The fourth-order valence-electron chi connectivity index (χ4n) is 4.93. The molecule has 5 rings (SSSR count). The Hall–Kier alpha value is -2.58. The average Bonchev–Trinajstić information content (AvgIpc) is 3.52. The van der Waals surface area contributed by atoms with E-state index >= 15 is 0 Å². The summed E-state index contributed by atoms with van der Waals surface area (Å²) >= 11 is 0. The van der Waals surface area contributed by atoms with Crippen LogP contribution >= 0.6 is 0 Å². The van der Waals surface area contributed by atoms with Crippen molar-refractivity contribution in [3.05, 3.63) is 51.6 Å². The number of benzene rings is 1. The molecule has 164 valence electrons. The van der Waals surface area contributed by atoms with E-state index in [1.54, 1.807) is 0 Å². The molecule has 1 aliphatic heterocycles. The lowest BCUT2D eigenvalue weighted by Crippen LogP contribution is -2.35. The summed E-state index contributed by atoms with van der Waals surface area (Å²) in [6.07, 6.45) is 7.10. The largest absolute Gasteiger partial charge is 0.376 e. The fraction of sp³-hybridized carbons (Fsp3) is 0.565. The highest BCUT2D eigenvalue weighted by Crippen LogP contribution is 2.26. The van der Waals surface area contributed by atoms with Gasteiger partial charge >= 0.3 is 0 Å². The molecule has 1 aliphatic carbocycles. The molecule has 2 aliphatic rings. The van der Waals surface area contributed by atoms with Gasteiger partial charge in [0.2, 0.25) is 0 Å². The van der Waals surface area contributed by atoms with Crippen LogP contribution in [0.1, 0.15) is 55.5 Å². The van der Waals surface area contributed by atoms with E-state index in [0.717, 1.165) is 54.6 Å². The van der Waals surface area contributed by atoms with Crippen molar-refractivity contribution < 1.29 is 4.74 Å². The zero-order valence-electron chi connectivity index (χ0n) is 18.1. The van der Waals surface area contributed by atoms with Crippen LogP contribution in [0.2, 0.25) is 0 Å². The molecule has 0 spiro atoms. The van der Waals surface area contributed by atoms with Crippen LogP contribution in [-0.2, 0) is 24.4 Å². The number of fused-ring (bicyclic) bond motifs is 1. The minimum Gasteiger partial charge on any atom is -0.376 e. The first-order valence-electron chi connectivity index (χ1n) is 11.4. The molecule has 0 radical (unpaired) electrons. The summed E-state index contributed by atoms with van der Waals surface area (Å²) in [7, 11) is 0. The highest BCUT2D eigenvalue weighted by atomic mass is 16.5. The number of ether oxygens (including phenoxy) is 1. The third kappa shape index (κ3) is 4.55. The lowest BCUT2D eigenvalue weighted by Gasteiger charge is -2.28. The van der Waals surface area contributed by atoms with Gasteiger partial charge in [-0.3, -0.25) is 9.69 Å². The third-order valence-electron chi connectivity index (χ3n) is 6.64. The molecule has 0 amide bonds. The Morgan fingerprint density at radius 1 is 1.16 bits per heavy atom. The van der Waals surface area contributed by atoms with E-state index in [1.165, 1.54) is 18.4 Å². The van der Waals surface area contributed by atoms with E-state index < -0.39 is 0 Å². The number of H-pyrrole nitrogens is 1. The second-order valence-electron chi connectivity index (χ2n) is 8.97. The van der Waals surface area contributed by atoms with Gasteiger partial charge in [-0.1, -0.05) is 24.5 Å². The van der Waals surface area contributed by atoms with Gasteiger partial charge in [0, 0.05) is 30.3 Å². The van der Waals surface area contributed by atoms with Crippen molar-refractivity contribution in [3.8, 4) is 0 Å². The van der Waals surface area contributed by atoms with E-state index in [9.17, 15) is 4.79 Å². The van der Waals surface area contributed by atoms with Crippen LogP contribution in [-0.4, -0.2) is 48.8 Å². The summed E-state index contributed by atoms with van der Waals surface area (Å²) in [6.45, 7) is 4.81. The number of nitrogens with one attached hydrogen (secondary N) is 1. The normalized spacial score (nSPS) is 19.7. The van der Waals surface area contributed by atoms with Crippen molar-refractivity contribution in [2.75, 3.05) is 6.61 Å². The molecule has 3 aromatic rings. The van der Waals surface area contributed by atoms with Gasteiger partial charge in [0.25, 0.3) is 5.56 Å². The first kappa shape index (κ1) is 20.3. The van der Waals surface area contributed by atoms with Gasteiger partial charge in [-0.15, -0.1) is 5.10 Å². The highest BCUT2D eigenvalue weighted by molar-refractivity contribution is 5.79. The predicted molar refractivity (Wildman–Crippen MR) is 118 cm³/mol. The van der Waals surface area contributed by atoms with Gasteiger partial charge < -0.3 is 9.72 Å². The molecule has 3 heterocycles. The number of hydrogen-bond acceptors (Lipinski definition) is 6. The smallest absolute Gasteiger partial charge is 0.252 e. The summed E-state index contributed by atoms with van der Waals surface area (Å²) < 4.78 is 7.65. The third-order valence-corrected chi connectivity index (χ3v) is 6.64. The lowest BCUT2D eigenvalue weighted by atomic mass is 10.1. The standard InChI is InChI=1S/C23H30N6O2/c1-16-8-9-21-17(11-16)12-18(23(30)24-21)13-28(19-5-2-3-6-19)15-22-25-26-27-29(22)14-20-7-4-10-31-20/h8-9,11-12,19-20H,2-7,10,13-15H2,1H3,(H,24,30)/t20-/m0/s1. The molecule has 8 heteroatoms. The molecule has 0 unspecified atom stereocenters. The molecule has 1 atom stereocenters. The lowest BCUT2D eigenvalue weighted by molar-refractivity contribution is 0.0906. The molecule has 2 fully saturated rings. The Morgan fingerprint density at radius 2 is 2.03 bits per heavy atom. The van der Waals surface area contributed by atoms with Crippen molar-refractivity contribution in [1.29, 1.82) is 0 Å². The molecule has 1 saturated heterocycles. The van der Waals surface area contributed by atoms with Crippen LogP contribution in [0.25, 0.3) is 10.9 Å². The molecule has 1 N–H and O–H groups in total. The number of tetrazole rings is 1. The van der Waals surface area contributed by atoms with Gasteiger partial charge in [-0.05, 0) is 66.6 Å². The maximum atomic E-state index is 12.8. The topological polar surface area (TPSA) is 88.9 Å². The molecule has 1 aromatic carbocycles. The number of rotatable bonds is 7. The number of aryl methyl sites for hydroxylation is 1. The Labute approximate surface area is 181 Å². The van der Waals surface area contributed by atoms with Crippen molar-refractivity contribution >= 4 is 10.9 Å². The van der Waals surface area contributed by atoms with Gasteiger partial charge in [-0.25, -0.2) is 4.68 Å². The summed E-state index contributed by atoms with van der Waals surface area (Å²) in [6, 6.07) is 8.61. The SMILES string of the molecule is Cc1ccc2[nH]c(=O)c(CN(Cc3nnnn3C[C@@H]3CCCO3)C3CCCC3)cc2c1. The van der Waals surface area contributed by atoms with Crippen LogP contribution in [0, 0.1) is 6.92 Å². The fourth-order valence-corrected chi connectivity index (χ4v) is 4.93. The number of pyridine rings is 1. The van der Waals surface area contributed by atoms with E-state index in [-0.39, 0.29) is 11.7 Å². The number of hydrogen-bond donors (Lipinski definition) is 1. The quantitative estimate of drug-likeness (QED) is 0.630. The summed E-state index contributed by atoms with van der Waals surface area (Å²) in [5, 5.41) is 13.5. The summed E-state index contributed by atoms with van der Waals surface area (Å²) in [4.78, 5) is 18.3. The van der Waals surface area contributed by atoms with E-state index in [0.29, 0.717) is 25.7 Å². The molecule has 1 saturated carbocycles. The summed E-state index contributed by atoms with van der Waals surface area (Å²) in [5.74, 6) is 0.843. The minimum atomic E-state index is -0.0155. The second-order valence-corrected chi connectivity index (χ2v) is 8.97. The highest BCUT2D eigenvalue weighted by Gasteiger charge is 2.26. The van der Waals surface area contributed by atoms with Crippen LogP contribution in [0.3, 0.4) is 0 Å². The van der Waals surface area contributed by atoms with Crippen LogP contribution in [0.5, 0.6) is 0 Å². The summed E-state index contributed by atoms with van der Waals surface area (Å²) in [5.41, 5.74) is 2.85. The number of aromatic nitrogens is 5. The van der Waals surface area contributed by atoms with E-state index in [1.807, 2.05) is 22.9 Å². The van der Waals surface area contributed by atoms with E-state index in [2.05, 4.69) is 38.4 Å². The van der Waals surface area contributed by atoms with Crippen LogP contribution in [0.4, 0.5) is 0 Å². The van der Waals surface area contributed by atoms with Crippen LogP contribution in [0.15, 0.2) is 29.1 Å². The minimum absolute atomic E-state index is 0.0155. The zero-order chi connectivity index (χ0) is 21.2. The van der Waals surface area contributed by atoms with Crippen molar-refractivity contribution in [2.24, 2.45) is 0 Å². The maximum absolute atomic E-state index is 12.8. The zero-order valence-corrected chi connectivity index (χ0v) is 18.1. The first-order chi connectivity index (χ1) is 15.2. The monoisotopic (exact) mass is 422 g/mol. The van der Waals surface area contributed by atoms with Crippen LogP contribution < -0.4 is 5.56 Å². The van der Waals surface area contributed by atoms with Gasteiger partial charge in [0.1, 0.15) is 0 Å². The number of aromatic amines is 1. The first-order valence-corrected chi connectivity index (χ1v) is 11.4. The predicted octanol–water partition coefficient (Wildman–Crippen LogP) is 2.95. The van der Waals surface area contributed by atoms with Crippen molar-refractivity contribution in [2.45, 2.75) is 77.2 Å². The maximum Gasteiger partial charge on any atom is 0.252 e. The molecular formula is C23H30N6O2. The molecule has 8 nitrogen and oxygen atoms in total. The Bertz CT molecular complexity index is 1090. The Kier molecular flexibility index (Phi) is 5.82. The molecule has 2 aromatic heterocycles. The van der Waals surface area contributed by atoms with Crippen molar-refractivity contribution in [1.82, 2.24) is 30.1 Å². The second kappa shape index (κ2) is 8.88. The van der Waals surface area contributed by atoms with Crippen molar-refractivity contribution in [3.63, 3.8) is 0 Å². The molecule has 31 heavy (non-hydrogen) atoms. The molecule has 0 bridgehead atoms. The Morgan fingerprint density at radius 3 is 2.84 bits per heavy atom. The molecular weight excluding hydrogens is 392 g/mol. The number of nitrogens with zero attached hydrogens (tertiary/aromatic N) is 5. The van der Waals surface area contributed by atoms with Gasteiger partial charge in [-0.2, -0.15) is 0 Å². The van der Waals surface area contributed by atoms with Gasteiger partial charge in [0.05, 0.1) is 19.2 Å².